The van der Waals surface area contributed by atoms with Crippen LogP contribution < -0.4 is 15.8 Å². The third-order valence-electron chi connectivity index (χ3n) is 2.71. The second-order valence-corrected chi connectivity index (χ2v) is 3.91. The summed E-state index contributed by atoms with van der Waals surface area (Å²) in [6.45, 7) is 1.86. The molecule has 1 aliphatic rings. The molecule has 2 heterocycles. The van der Waals surface area contributed by atoms with Crippen LogP contribution in [-0.4, -0.2) is 24.2 Å². The first-order chi connectivity index (χ1) is 7.81. The van der Waals surface area contributed by atoms with Crippen molar-refractivity contribution in [2.75, 3.05) is 13.1 Å². The summed E-state index contributed by atoms with van der Waals surface area (Å²) in [5.74, 6) is 0.304. The second kappa shape index (κ2) is 3.68. The number of aromatic nitrogens is 1. The van der Waals surface area contributed by atoms with Gasteiger partial charge in [0.05, 0.1) is 5.52 Å². The Bertz CT molecular complexity index is 552. The van der Waals surface area contributed by atoms with Gasteiger partial charge in [-0.2, -0.15) is 0 Å². The molecule has 5 heteroatoms. The minimum atomic E-state index is -0.435. The summed E-state index contributed by atoms with van der Waals surface area (Å²) in [5.41, 5.74) is 1.23. The molecule has 16 heavy (non-hydrogen) atoms. The Balaban J connectivity index is 1.89. The van der Waals surface area contributed by atoms with Crippen molar-refractivity contribution in [1.29, 1.82) is 0 Å². The van der Waals surface area contributed by atoms with Crippen LogP contribution in [0.5, 0.6) is 5.75 Å². The van der Waals surface area contributed by atoms with E-state index in [4.69, 9.17) is 9.15 Å². The lowest BCUT2D eigenvalue weighted by Crippen LogP contribution is -2.19. The van der Waals surface area contributed by atoms with Crippen LogP contribution in [0.15, 0.2) is 27.4 Å². The van der Waals surface area contributed by atoms with E-state index >= 15 is 0 Å². The second-order valence-electron chi connectivity index (χ2n) is 3.91. The fourth-order valence-electron chi connectivity index (χ4n) is 1.92. The molecule has 5 nitrogen and oxygen atoms in total. The van der Waals surface area contributed by atoms with Gasteiger partial charge < -0.3 is 14.5 Å². The number of oxazole rings is 1. The van der Waals surface area contributed by atoms with Gasteiger partial charge in [0.1, 0.15) is 11.9 Å². The van der Waals surface area contributed by atoms with Gasteiger partial charge in [-0.05, 0) is 25.1 Å². The molecule has 0 saturated carbocycles. The van der Waals surface area contributed by atoms with Crippen molar-refractivity contribution in [3.63, 3.8) is 0 Å². The van der Waals surface area contributed by atoms with Gasteiger partial charge in [0.15, 0.2) is 5.58 Å². The highest BCUT2D eigenvalue weighted by Crippen LogP contribution is 2.20. The fourth-order valence-corrected chi connectivity index (χ4v) is 1.92. The van der Waals surface area contributed by atoms with Gasteiger partial charge in [-0.25, -0.2) is 4.79 Å². The molecule has 3 rings (SSSR count). The summed E-state index contributed by atoms with van der Waals surface area (Å²) < 4.78 is 10.7. The zero-order valence-electron chi connectivity index (χ0n) is 8.66. The molecule has 0 aliphatic carbocycles. The molecule has 0 radical (unpaired) electrons. The number of nitrogens with one attached hydrogen (secondary N) is 2. The van der Waals surface area contributed by atoms with Crippen molar-refractivity contribution in [3.8, 4) is 5.75 Å². The molecule has 1 saturated heterocycles. The molecule has 0 amide bonds. The normalized spacial score (nSPS) is 20.4. The Hall–Kier alpha value is -1.75. The van der Waals surface area contributed by atoms with Gasteiger partial charge in [0, 0.05) is 12.6 Å². The van der Waals surface area contributed by atoms with E-state index in [9.17, 15) is 4.79 Å². The van der Waals surface area contributed by atoms with E-state index in [1.165, 1.54) is 0 Å². The Morgan fingerprint density at radius 1 is 1.44 bits per heavy atom. The van der Waals surface area contributed by atoms with Crippen molar-refractivity contribution in [3.05, 3.63) is 28.7 Å². The zero-order chi connectivity index (χ0) is 11.0. The summed E-state index contributed by atoms with van der Waals surface area (Å²) in [6.07, 6.45) is 1.22. The Morgan fingerprint density at radius 3 is 3.19 bits per heavy atom. The number of ether oxygens (including phenoxy) is 1. The van der Waals surface area contributed by atoms with E-state index in [1.807, 2.05) is 6.07 Å². The maximum atomic E-state index is 11.0. The van der Waals surface area contributed by atoms with Gasteiger partial charge in [-0.3, -0.25) is 4.98 Å². The first-order valence-electron chi connectivity index (χ1n) is 5.31. The van der Waals surface area contributed by atoms with Gasteiger partial charge in [-0.15, -0.1) is 0 Å². The predicted molar refractivity (Wildman–Crippen MR) is 58.7 cm³/mol. The highest BCUT2D eigenvalue weighted by molar-refractivity contribution is 5.73. The number of aromatic amines is 1. The van der Waals surface area contributed by atoms with Crippen LogP contribution >= 0.6 is 0 Å². The molecule has 84 valence electrons. The Morgan fingerprint density at radius 2 is 2.38 bits per heavy atom. The van der Waals surface area contributed by atoms with Gasteiger partial charge >= 0.3 is 5.76 Å². The molecule has 2 N–H and O–H groups in total. The SMILES string of the molecule is O=c1[nH]c2ccc(OC3CCNC3)cc2o1. The van der Waals surface area contributed by atoms with Crippen LogP contribution in [0, 0.1) is 0 Å². The summed E-state index contributed by atoms with van der Waals surface area (Å²) in [4.78, 5) is 13.6. The topological polar surface area (TPSA) is 67.3 Å². The number of hydrogen-bond acceptors (Lipinski definition) is 4. The zero-order valence-corrected chi connectivity index (χ0v) is 8.66. The summed E-state index contributed by atoms with van der Waals surface area (Å²) in [6, 6.07) is 5.37. The van der Waals surface area contributed by atoms with Gasteiger partial charge in [-0.1, -0.05) is 0 Å². The number of rotatable bonds is 2. The largest absolute Gasteiger partial charge is 0.489 e. The highest BCUT2D eigenvalue weighted by atomic mass is 16.5. The third kappa shape index (κ3) is 1.69. The molecule has 1 aromatic carbocycles. The molecule has 1 fully saturated rings. The number of fused-ring (bicyclic) bond motifs is 1. The van der Waals surface area contributed by atoms with Crippen LogP contribution in [0.2, 0.25) is 0 Å². The van der Waals surface area contributed by atoms with Crippen molar-refractivity contribution in [2.45, 2.75) is 12.5 Å². The first-order valence-corrected chi connectivity index (χ1v) is 5.31. The standard InChI is InChI=1S/C11H12N2O3/c14-11-13-9-2-1-7(5-10(9)16-11)15-8-3-4-12-6-8/h1-2,5,8,12H,3-4,6H2,(H,13,14). The number of H-pyrrole nitrogens is 1. The molecule has 0 spiro atoms. The van der Waals surface area contributed by atoms with Crippen LogP contribution in [0.1, 0.15) is 6.42 Å². The van der Waals surface area contributed by atoms with Crippen molar-refractivity contribution in [1.82, 2.24) is 10.3 Å². The Labute approximate surface area is 91.4 Å². The lowest BCUT2D eigenvalue weighted by Gasteiger charge is -2.11. The average Bonchev–Trinajstić information content (AvgIpc) is 2.85. The van der Waals surface area contributed by atoms with Crippen molar-refractivity contribution in [2.24, 2.45) is 0 Å². The van der Waals surface area contributed by atoms with Crippen LogP contribution in [-0.2, 0) is 0 Å². The van der Waals surface area contributed by atoms with E-state index in [-0.39, 0.29) is 6.10 Å². The van der Waals surface area contributed by atoms with Crippen LogP contribution in [0.25, 0.3) is 11.1 Å². The minimum Gasteiger partial charge on any atom is -0.489 e. The molecule has 0 bridgehead atoms. The van der Waals surface area contributed by atoms with Crippen LogP contribution in [0.3, 0.4) is 0 Å². The summed E-state index contributed by atoms with van der Waals surface area (Å²) >= 11 is 0. The summed E-state index contributed by atoms with van der Waals surface area (Å²) in [5, 5.41) is 3.23. The van der Waals surface area contributed by atoms with E-state index in [0.717, 1.165) is 25.3 Å². The third-order valence-corrected chi connectivity index (χ3v) is 2.71. The monoisotopic (exact) mass is 220 g/mol. The molecule has 1 aromatic heterocycles. The lowest BCUT2D eigenvalue weighted by atomic mass is 10.3. The van der Waals surface area contributed by atoms with Crippen LogP contribution in [0.4, 0.5) is 0 Å². The molecular formula is C11H12N2O3. The predicted octanol–water partition coefficient (Wildman–Crippen LogP) is 0.862. The number of benzene rings is 1. The summed E-state index contributed by atoms with van der Waals surface area (Å²) in [7, 11) is 0. The number of hydrogen-bond donors (Lipinski definition) is 2. The molecule has 1 atom stereocenters. The quantitative estimate of drug-likeness (QED) is 0.787. The first kappa shape index (κ1) is 9.47. The van der Waals surface area contributed by atoms with Crippen molar-refractivity contribution >= 4 is 11.1 Å². The molecule has 1 aliphatic heterocycles. The maximum Gasteiger partial charge on any atom is 0.417 e. The van der Waals surface area contributed by atoms with E-state index in [0.29, 0.717) is 11.1 Å². The molecular weight excluding hydrogens is 208 g/mol. The van der Waals surface area contributed by atoms with E-state index in [1.54, 1.807) is 12.1 Å². The highest BCUT2D eigenvalue weighted by Gasteiger charge is 2.16. The van der Waals surface area contributed by atoms with Gasteiger partial charge in [0.25, 0.3) is 0 Å². The average molecular weight is 220 g/mol. The lowest BCUT2D eigenvalue weighted by molar-refractivity contribution is 0.223. The Kier molecular flexibility index (Phi) is 2.18. The minimum absolute atomic E-state index is 0.211. The maximum absolute atomic E-state index is 11.0. The van der Waals surface area contributed by atoms with E-state index < -0.39 is 5.76 Å². The van der Waals surface area contributed by atoms with E-state index in [2.05, 4.69) is 10.3 Å². The van der Waals surface area contributed by atoms with Crippen molar-refractivity contribution < 1.29 is 9.15 Å². The smallest absolute Gasteiger partial charge is 0.417 e. The molecule has 2 aromatic rings. The fraction of sp³-hybridized carbons (Fsp3) is 0.364. The molecule has 1 unspecified atom stereocenters. The van der Waals surface area contributed by atoms with Gasteiger partial charge in [0.2, 0.25) is 0 Å².